The maximum absolute atomic E-state index is 10.7. The third-order valence-electron chi connectivity index (χ3n) is 3.42. The van der Waals surface area contributed by atoms with Crippen molar-refractivity contribution in [1.82, 2.24) is 9.97 Å². The Morgan fingerprint density at radius 3 is 3.11 bits per heavy atom. The summed E-state index contributed by atoms with van der Waals surface area (Å²) in [6.07, 6.45) is 2.07. The monoisotopic (exact) mass is 261 g/mol. The number of imidazole rings is 1. The van der Waals surface area contributed by atoms with Crippen LogP contribution in [-0.2, 0) is 0 Å². The summed E-state index contributed by atoms with van der Waals surface area (Å²) in [7, 11) is 0. The number of H-pyrrole nitrogens is 1. The van der Waals surface area contributed by atoms with Crippen LogP contribution >= 0.6 is 0 Å². The molecule has 0 radical (unpaired) electrons. The predicted octanol–water partition coefficient (Wildman–Crippen LogP) is 1.40. The summed E-state index contributed by atoms with van der Waals surface area (Å²) in [6.45, 7) is 1.68. The molecule has 0 bridgehead atoms. The lowest BCUT2D eigenvalue weighted by atomic mass is 10.1. The van der Waals surface area contributed by atoms with Gasteiger partial charge >= 0.3 is 0 Å². The van der Waals surface area contributed by atoms with E-state index in [1.165, 1.54) is 12.1 Å². The number of nitro benzene ring substituents is 1. The van der Waals surface area contributed by atoms with Crippen molar-refractivity contribution in [3.63, 3.8) is 0 Å². The number of benzene rings is 1. The zero-order valence-electron chi connectivity index (χ0n) is 10.4. The van der Waals surface area contributed by atoms with Gasteiger partial charge in [0.2, 0.25) is 5.95 Å². The predicted molar refractivity (Wildman–Crippen MR) is 72.2 cm³/mol. The molecule has 1 aromatic heterocycles. The van der Waals surface area contributed by atoms with Crippen LogP contribution in [0.5, 0.6) is 0 Å². The molecule has 19 heavy (non-hydrogen) atoms. The number of fused-ring (bicyclic) bond motifs is 1. The summed E-state index contributed by atoms with van der Waals surface area (Å²) in [5.41, 5.74) is 7.44. The number of aromatic nitrogens is 2. The second-order valence-corrected chi connectivity index (χ2v) is 4.87. The number of non-ortho nitro benzene ring substituents is 1. The second-order valence-electron chi connectivity index (χ2n) is 4.87. The lowest BCUT2D eigenvalue weighted by Gasteiger charge is -2.30. The highest BCUT2D eigenvalue weighted by Gasteiger charge is 2.20. The molecule has 0 aliphatic carbocycles. The Morgan fingerprint density at radius 2 is 2.37 bits per heavy atom. The Hall–Kier alpha value is -2.15. The minimum atomic E-state index is -0.406. The molecule has 0 unspecified atom stereocenters. The summed E-state index contributed by atoms with van der Waals surface area (Å²) >= 11 is 0. The van der Waals surface area contributed by atoms with Crippen molar-refractivity contribution in [3.05, 3.63) is 28.3 Å². The molecule has 0 saturated carbocycles. The van der Waals surface area contributed by atoms with Gasteiger partial charge in [-0.25, -0.2) is 4.98 Å². The van der Waals surface area contributed by atoms with Crippen LogP contribution in [0.1, 0.15) is 12.8 Å². The molecule has 1 aliphatic rings. The van der Waals surface area contributed by atoms with Gasteiger partial charge < -0.3 is 15.6 Å². The molecular formula is C12H15N5O2. The Labute approximate surface area is 109 Å². The molecule has 1 saturated heterocycles. The number of hydrogen-bond donors (Lipinski definition) is 2. The molecule has 100 valence electrons. The van der Waals surface area contributed by atoms with Crippen molar-refractivity contribution in [2.45, 2.75) is 18.9 Å². The second kappa shape index (κ2) is 4.51. The SMILES string of the molecule is N[C@H]1CCCN(c2nc3ccc([N+](=O)[O-])cc3[nH]2)C1. The van der Waals surface area contributed by atoms with Crippen molar-refractivity contribution < 1.29 is 4.92 Å². The van der Waals surface area contributed by atoms with Crippen molar-refractivity contribution >= 4 is 22.7 Å². The first kappa shape index (κ1) is 11.9. The lowest BCUT2D eigenvalue weighted by molar-refractivity contribution is -0.384. The van der Waals surface area contributed by atoms with Crippen LogP contribution in [-0.4, -0.2) is 34.0 Å². The van der Waals surface area contributed by atoms with Crippen molar-refractivity contribution in [2.75, 3.05) is 18.0 Å². The summed E-state index contributed by atoms with van der Waals surface area (Å²) in [4.78, 5) is 20.0. The highest BCUT2D eigenvalue weighted by Crippen LogP contribution is 2.23. The highest BCUT2D eigenvalue weighted by molar-refractivity contribution is 5.80. The third kappa shape index (κ3) is 2.24. The van der Waals surface area contributed by atoms with Crippen LogP contribution < -0.4 is 10.6 Å². The number of aromatic amines is 1. The molecule has 3 N–H and O–H groups in total. The van der Waals surface area contributed by atoms with E-state index >= 15 is 0 Å². The van der Waals surface area contributed by atoms with Gasteiger partial charge in [-0.3, -0.25) is 10.1 Å². The van der Waals surface area contributed by atoms with Gasteiger partial charge in [0.25, 0.3) is 5.69 Å². The average Bonchev–Trinajstić information content (AvgIpc) is 2.81. The Kier molecular flexibility index (Phi) is 2.83. The molecule has 0 amide bonds. The van der Waals surface area contributed by atoms with Gasteiger partial charge in [-0.1, -0.05) is 0 Å². The number of nitrogens with two attached hydrogens (primary N) is 1. The van der Waals surface area contributed by atoms with E-state index in [-0.39, 0.29) is 11.7 Å². The molecule has 3 rings (SSSR count). The van der Waals surface area contributed by atoms with Gasteiger partial charge in [-0.15, -0.1) is 0 Å². The number of nitrogens with one attached hydrogen (secondary N) is 1. The van der Waals surface area contributed by atoms with E-state index in [0.717, 1.165) is 37.4 Å². The standard InChI is InChI=1S/C12H15N5O2/c13-8-2-1-5-16(7-8)12-14-10-4-3-9(17(18)19)6-11(10)15-12/h3-4,6,8H,1-2,5,7,13H2,(H,14,15)/t8-/m0/s1. The number of anilines is 1. The molecule has 1 fully saturated rings. The van der Waals surface area contributed by atoms with Gasteiger partial charge in [0.05, 0.1) is 16.0 Å². The van der Waals surface area contributed by atoms with Gasteiger partial charge in [-0.05, 0) is 18.9 Å². The Balaban J connectivity index is 1.94. The number of nitrogens with zero attached hydrogens (tertiary/aromatic N) is 3. The van der Waals surface area contributed by atoms with E-state index < -0.39 is 4.92 Å². The maximum Gasteiger partial charge on any atom is 0.271 e. The number of nitro groups is 1. The topological polar surface area (TPSA) is 101 Å². The molecule has 1 atom stereocenters. The molecule has 1 aromatic carbocycles. The van der Waals surface area contributed by atoms with Crippen LogP contribution in [0.15, 0.2) is 18.2 Å². The van der Waals surface area contributed by atoms with Gasteiger partial charge in [0, 0.05) is 31.3 Å². The van der Waals surface area contributed by atoms with E-state index in [1.807, 2.05) is 0 Å². The number of hydrogen-bond acceptors (Lipinski definition) is 5. The summed E-state index contributed by atoms with van der Waals surface area (Å²) < 4.78 is 0. The summed E-state index contributed by atoms with van der Waals surface area (Å²) in [6, 6.07) is 4.80. The quantitative estimate of drug-likeness (QED) is 0.628. The Morgan fingerprint density at radius 1 is 1.53 bits per heavy atom. The van der Waals surface area contributed by atoms with Crippen molar-refractivity contribution in [1.29, 1.82) is 0 Å². The summed E-state index contributed by atoms with van der Waals surface area (Å²) in [5.74, 6) is 0.741. The molecule has 7 nitrogen and oxygen atoms in total. The van der Waals surface area contributed by atoms with Gasteiger partial charge in [0.1, 0.15) is 0 Å². The molecule has 1 aliphatic heterocycles. The number of piperidine rings is 1. The molecule has 2 heterocycles. The van der Waals surface area contributed by atoms with Crippen LogP contribution in [0.4, 0.5) is 11.6 Å². The summed E-state index contributed by atoms with van der Waals surface area (Å²) in [5, 5.41) is 10.7. The van der Waals surface area contributed by atoms with Crippen molar-refractivity contribution in [2.24, 2.45) is 5.73 Å². The zero-order valence-corrected chi connectivity index (χ0v) is 10.4. The van der Waals surface area contributed by atoms with E-state index in [2.05, 4.69) is 14.9 Å². The van der Waals surface area contributed by atoms with E-state index in [4.69, 9.17) is 5.73 Å². The largest absolute Gasteiger partial charge is 0.341 e. The normalized spacial score (nSPS) is 19.8. The molecule has 0 spiro atoms. The zero-order chi connectivity index (χ0) is 13.4. The molecular weight excluding hydrogens is 246 g/mol. The average molecular weight is 261 g/mol. The third-order valence-corrected chi connectivity index (χ3v) is 3.42. The van der Waals surface area contributed by atoms with Crippen molar-refractivity contribution in [3.8, 4) is 0 Å². The first-order valence-electron chi connectivity index (χ1n) is 6.28. The fraction of sp³-hybridized carbons (Fsp3) is 0.417. The Bertz CT molecular complexity index is 624. The van der Waals surface area contributed by atoms with Crippen LogP contribution in [0.25, 0.3) is 11.0 Å². The smallest absolute Gasteiger partial charge is 0.271 e. The van der Waals surface area contributed by atoms with E-state index in [0.29, 0.717) is 5.52 Å². The van der Waals surface area contributed by atoms with Gasteiger partial charge in [0.15, 0.2) is 0 Å². The lowest BCUT2D eigenvalue weighted by Crippen LogP contribution is -2.43. The highest BCUT2D eigenvalue weighted by atomic mass is 16.6. The van der Waals surface area contributed by atoms with E-state index in [1.54, 1.807) is 6.07 Å². The maximum atomic E-state index is 10.7. The first-order valence-corrected chi connectivity index (χ1v) is 6.28. The van der Waals surface area contributed by atoms with Crippen LogP contribution in [0.3, 0.4) is 0 Å². The van der Waals surface area contributed by atoms with E-state index in [9.17, 15) is 10.1 Å². The fourth-order valence-corrected chi connectivity index (χ4v) is 2.45. The minimum Gasteiger partial charge on any atom is -0.341 e. The minimum absolute atomic E-state index is 0.0676. The van der Waals surface area contributed by atoms with Crippen LogP contribution in [0.2, 0.25) is 0 Å². The fourth-order valence-electron chi connectivity index (χ4n) is 2.45. The molecule has 2 aromatic rings. The molecule has 7 heteroatoms. The number of rotatable bonds is 2. The first-order chi connectivity index (χ1) is 9.13. The van der Waals surface area contributed by atoms with Gasteiger partial charge in [-0.2, -0.15) is 0 Å². The van der Waals surface area contributed by atoms with Crippen LogP contribution in [0, 0.1) is 10.1 Å².